The number of anilines is 1. The van der Waals surface area contributed by atoms with Crippen LogP contribution in [0.1, 0.15) is 35.8 Å². The third-order valence-corrected chi connectivity index (χ3v) is 3.31. The van der Waals surface area contributed by atoms with E-state index in [0.29, 0.717) is 11.6 Å². The summed E-state index contributed by atoms with van der Waals surface area (Å²) in [5.41, 5.74) is 1.76. The smallest absolute Gasteiger partial charge is 0.339 e. The molecular weight excluding hydrogens is 216 g/mol. The van der Waals surface area contributed by atoms with Crippen LogP contribution < -0.4 is 5.32 Å². The lowest BCUT2D eigenvalue weighted by molar-refractivity contribution is 0.0697. The molecule has 0 amide bonds. The van der Waals surface area contributed by atoms with Crippen molar-refractivity contribution in [2.24, 2.45) is 11.8 Å². The van der Waals surface area contributed by atoms with Gasteiger partial charge in [-0.05, 0) is 37.7 Å². The summed E-state index contributed by atoms with van der Waals surface area (Å²) in [5, 5.41) is 12.3. The highest BCUT2D eigenvalue weighted by Gasteiger charge is 2.27. The third-order valence-electron chi connectivity index (χ3n) is 3.31. The Balaban J connectivity index is 2.07. The zero-order chi connectivity index (χ0) is 12.4. The van der Waals surface area contributed by atoms with Gasteiger partial charge in [0.25, 0.3) is 0 Å². The van der Waals surface area contributed by atoms with Crippen LogP contribution in [0.4, 0.5) is 5.69 Å². The van der Waals surface area contributed by atoms with Gasteiger partial charge in [-0.15, -0.1) is 0 Å². The Hall–Kier alpha value is -1.58. The van der Waals surface area contributed by atoms with E-state index in [9.17, 15) is 4.79 Å². The topological polar surface area (TPSA) is 62.2 Å². The summed E-state index contributed by atoms with van der Waals surface area (Å²) in [6, 6.07) is 1.79. The van der Waals surface area contributed by atoms with Crippen LogP contribution in [-0.2, 0) is 0 Å². The van der Waals surface area contributed by atoms with Crippen LogP contribution in [0.25, 0.3) is 0 Å². The Bertz CT molecular complexity index is 427. The summed E-state index contributed by atoms with van der Waals surface area (Å²) >= 11 is 0. The molecule has 92 valence electrons. The van der Waals surface area contributed by atoms with Crippen molar-refractivity contribution in [3.63, 3.8) is 0 Å². The largest absolute Gasteiger partial charge is 0.478 e. The Morgan fingerprint density at radius 1 is 1.65 bits per heavy atom. The molecule has 2 N–H and O–H groups in total. The number of carboxylic acid groups (broad SMARTS) is 1. The molecule has 1 aliphatic rings. The third kappa shape index (κ3) is 2.96. The summed E-state index contributed by atoms with van der Waals surface area (Å²) < 4.78 is 0. The first-order valence-corrected chi connectivity index (χ1v) is 6.01. The van der Waals surface area contributed by atoms with Crippen LogP contribution in [0.3, 0.4) is 0 Å². The maximum absolute atomic E-state index is 11.0. The summed E-state index contributed by atoms with van der Waals surface area (Å²) in [5.74, 6) is 0.489. The first kappa shape index (κ1) is 11.9. The highest BCUT2D eigenvalue weighted by atomic mass is 16.4. The zero-order valence-electron chi connectivity index (χ0n) is 10.2. The fourth-order valence-electron chi connectivity index (χ4n) is 1.98. The van der Waals surface area contributed by atoms with Gasteiger partial charge in [0, 0.05) is 18.4 Å². The lowest BCUT2D eigenvalue weighted by Crippen LogP contribution is -2.15. The summed E-state index contributed by atoms with van der Waals surface area (Å²) in [7, 11) is 0. The summed E-state index contributed by atoms with van der Waals surface area (Å²) in [6.45, 7) is 4.90. The molecule has 2 rings (SSSR count). The number of carboxylic acids is 1. The van der Waals surface area contributed by atoms with Crippen molar-refractivity contribution in [3.8, 4) is 0 Å². The van der Waals surface area contributed by atoms with E-state index >= 15 is 0 Å². The second-order valence-corrected chi connectivity index (χ2v) is 4.87. The quantitative estimate of drug-likeness (QED) is 0.821. The van der Waals surface area contributed by atoms with Gasteiger partial charge >= 0.3 is 5.97 Å². The first-order chi connectivity index (χ1) is 8.08. The van der Waals surface area contributed by atoms with Crippen LogP contribution in [0.5, 0.6) is 0 Å². The van der Waals surface area contributed by atoms with E-state index in [4.69, 9.17) is 5.11 Å². The molecule has 0 bridgehead atoms. The second kappa shape index (κ2) is 4.73. The number of aryl methyl sites for hydroxylation is 1. The monoisotopic (exact) mass is 234 g/mol. The fourth-order valence-corrected chi connectivity index (χ4v) is 1.98. The predicted octanol–water partition coefficient (Wildman–Crippen LogP) is 2.55. The van der Waals surface area contributed by atoms with Crippen molar-refractivity contribution >= 4 is 11.7 Å². The van der Waals surface area contributed by atoms with E-state index in [2.05, 4.69) is 17.2 Å². The molecule has 0 aromatic carbocycles. The normalized spacial score (nSPS) is 16.6. The second-order valence-electron chi connectivity index (χ2n) is 4.87. The molecular formula is C13H18N2O2. The van der Waals surface area contributed by atoms with Gasteiger partial charge in [0.1, 0.15) is 5.56 Å². The van der Waals surface area contributed by atoms with Gasteiger partial charge in [-0.3, -0.25) is 4.98 Å². The van der Waals surface area contributed by atoms with Gasteiger partial charge in [0.05, 0.1) is 5.69 Å². The molecule has 0 radical (unpaired) electrons. The van der Waals surface area contributed by atoms with Gasteiger partial charge in [0.15, 0.2) is 0 Å². The maximum Gasteiger partial charge on any atom is 0.339 e. The molecule has 1 aromatic heterocycles. The van der Waals surface area contributed by atoms with Gasteiger partial charge in [-0.2, -0.15) is 0 Å². The number of nitrogens with one attached hydrogen (secondary N) is 1. The highest BCUT2D eigenvalue weighted by molar-refractivity contribution is 5.93. The first-order valence-electron chi connectivity index (χ1n) is 6.01. The molecule has 4 nitrogen and oxygen atoms in total. The number of hydrogen-bond acceptors (Lipinski definition) is 3. The van der Waals surface area contributed by atoms with Crippen molar-refractivity contribution < 1.29 is 9.90 Å². The average molecular weight is 234 g/mol. The van der Waals surface area contributed by atoms with Gasteiger partial charge in [-0.1, -0.05) is 6.92 Å². The van der Waals surface area contributed by atoms with Gasteiger partial charge < -0.3 is 10.4 Å². The van der Waals surface area contributed by atoms with Crippen molar-refractivity contribution in [2.75, 3.05) is 11.9 Å². The molecule has 1 atom stereocenters. The molecule has 0 saturated heterocycles. The molecule has 1 fully saturated rings. The number of nitrogens with zero attached hydrogens (tertiary/aromatic N) is 1. The van der Waals surface area contributed by atoms with Crippen LogP contribution >= 0.6 is 0 Å². The Morgan fingerprint density at radius 2 is 2.35 bits per heavy atom. The van der Waals surface area contributed by atoms with E-state index in [0.717, 1.165) is 18.2 Å². The van der Waals surface area contributed by atoms with E-state index in [1.54, 1.807) is 6.07 Å². The maximum atomic E-state index is 11.0. The number of aromatic carboxylic acids is 1. The number of hydrogen-bond donors (Lipinski definition) is 2. The summed E-state index contributed by atoms with van der Waals surface area (Å²) in [4.78, 5) is 15.1. The molecule has 1 saturated carbocycles. The van der Waals surface area contributed by atoms with E-state index in [1.165, 1.54) is 19.0 Å². The van der Waals surface area contributed by atoms with Crippen molar-refractivity contribution in [1.82, 2.24) is 4.98 Å². The van der Waals surface area contributed by atoms with Crippen molar-refractivity contribution in [1.29, 1.82) is 0 Å². The Morgan fingerprint density at radius 3 is 2.94 bits per heavy atom. The van der Waals surface area contributed by atoms with Gasteiger partial charge in [0.2, 0.25) is 0 Å². The Labute approximate surface area is 101 Å². The van der Waals surface area contributed by atoms with E-state index in [1.807, 2.05) is 6.92 Å². The number of pyridine rings is 1. The number of rotatable bonds is 5. The standard InChI is InChI=1S/C13H18N2O2/c1-8(10-3-4-10)6-15-12-5-9(2)14-7-11(12)13(16)17/h5,7-8,10H,3-4,6H2,1-2H3,(H,14,15)(H,16,17). The van der Waals surface area contributed by atoms with Crippen molar-refractivity contribution in [3.05, 3.63) is 23.5 Å². The minimum absolute atomic E-state index is 0.249. The van der Waals surface area contributed by atoms with Crippen molar-refractivity contribution in [2.45, 2.75) is 26.7 Å². The molecule has 4 heteroatoms. The van der Waals surface area contributed by atoms with Crippen LogP contribution in [0, 0.1) is 18.8 Å². The number of aromatic nitrogens is 1. The number of carbonyl (C=O) groups is 1. The highest BCUT2D eigenvalue weighted by Crippen LogP contribution is 2.36. The van der Waals surface area contributed by atoms with Gasteiger partial charge in [-0.25, -0.2) is 4.79 Å². The van der Waals surface area contributed by atoms with Crippen LogP contribution in [0.15, 0.2) is 12.3 Å². The predicted molar refractivity (Wildman–Crippen MR) is 66.3 cm³/mol. The van der Waals surface area contributed by atoms with E-state index < -0.39 is 5.97 Å². The fraction of sp³-hybridized carbons (Fsp3) is 0.538. The average Bonchev–Trinajstić information content (AvgIpc) is 3.09. The lowest BCUT2D eigenvalue weighted by Gasteiger charge is -2.14. The molecule has 0 spiro atoms. The van der Waals surface area contributed by atoms with Crippen LogP contribution in [0.2, 0.25) is 0 Å². The molecule has 17 heavy (non-hydrogen) atoms. The van der Waals surface area contributed by atoms with Crippen LogP contribution in [-0.4, -0.2) is 22.6 Å². The molecule has 1 aliphatic carbocycles. The van der Waals surface area contributed by atoms with E-state index in [-0.39, 0.29) is 5.56 Å². The lowest BCUT2D eigenvalue weighted by atomic mass is 10.1. The molecule has 1 unspecified atom stereocenters. The molecule has 0 aliphatic heterocycles. The summed E-state index contributed by atoms with van der Waals surface area (Å²) in [6.07, 6.45) is 4.04. The SMILES string of the molecule is Cc1cc(NCC(C)C2CC2)c(C(=O)O)cn1. The molecule has 1 heterocycles. The molecule has 1 aromatic rings. The zero-order valence-corrected chi connectivity index (χ0v) is 10.2. The minimum atomic E-state index is -0.931. The minimum Gasteiger partial charge on any atom is -0.478 e. The Kier molecular flexibility index (Phi) is 3.31.